The van der Waals surface area contributed by atoms with Crippen LogP contribution in [0.15, 0.2) is 35.1 Å². The molecule has 6 nitrogen and oxygen atoms in total. The van der Waals surface area contributed by atoms with Gasteiger partial charge in [0.15, 0.2) is 0 Å². The van der Waals surface area contributed by atoms with Crippen molar-refractivity contribution in [2.24, 2.45) is 0 Å². The Morgan fingerprint density at radius 1 is 1.32 bits per heavy atom. The maximum Gasteiger partial charge on any atom is 0.284 e. The van der Waals surface area contributed by atoms with Gasteiger partial charge in [0.2, 0.25) is 0 Å². The number of aromatic nitrogens is 2. The molecule has 0 aliphatic rings. The lowest BCUT2D eigenvalue weighted by molar-refractivity contribution is 0.182. The van der Waals surface area contributed by atoms with Crippen LogP contribution in [-0.4, -0.2) is 30.1 Å². The summed E-state index contributed by atoms with van der Waals surface area (Å²) in [6.07, 6.45) is 0. The Labute approximate surface area is 128 Å². The zero-order valence-corrected chi connectivity index (χ0v) is 12.6. The lowest BCUT2D eigenvalue weighted by atomic mass is 10.1. The third kappa shape index (κ3) is 3.51. The number of hydrogen-bond donors (Lipinski definition) is 0. The molecular weight excluding hydrogens is 282 g/mol. The van der Waals surface area contributed by atoms with Crippen LogP contribution in [0.25, 0.3) is 11.3 Å². The molecule has 1 aromatic heterocycles. The second kappa shape index (κ2) is 7.38. The van der Waals surface area contributed by atoms with Gasteiger partial charge in [-0.1, -0.05) is 0 Å². The fourth-order valence-corrected chi connectivity index (χ4v) is 1.98. The van der Waals surface area contributed by atoms with Crippen LogP contribution in [0, 0.1) is 11.3 Å². The zero-order valence-electron chi connectivity index (χ0n) is 12.6. The minimum Gasteiger partial charge on any atom is -0.494 e. The van der Waals surface area contributed by atoms with Gasteiger partial charge in [-0.05, 0) is 37.3 Å². The number of rotatable bonds is 6. The van der Waals surface area contributed by atoms with E-state index < -0.39 is 5.56 Å². The molecule has 114 valence electrons. The Kier molecular flexibility index (Phi) is 5.28. The van der Waals surface area contributed by atoms with Crippen molar-refractivity contribution in [1.29, 1.82) is 5.26 Å². The smallest absolute Gasteiger partial charge is 0.284 e. The maximum absolute atomic E-state index is 12.0. The van der Waals surface area contributed by atoms with Crippen molar-refractivity contribution in [3.05, 3.63) is 46.2 Å². The van der Waals surface area contributed by atoms with Crippen molar-refractivity contribution in [2.45, 2.75) is 13.5 Å². The lowest BCUT2D eigenvalue weighted by Crippen LogP contribution is -2.27. The van der Waals surface area contributed by atoms with E-state index in [4.69, 9.17) is 14.7 Å². The van der Waals surface area contributed by atoms with Gasteiger partial charge in [0, 0.05) is 12.7 Å². The van der Waals surface area contributed by atoms with E-state index in [-0.39, 0.29) is 5.56 Å². The highest BCUT2D eigenvalue weighted by atomic mass is 16.5. The first kappa shape index (κ1) is 15.7. The molecule has 0 amide bonds. The number of ether oxygens (including phenoxy) is 2. The first-order valence-electron chi connectivity index (χ1n) is 6.94. The first-order valence-corrected chi connectivity index (χ1v) is 6.94. The molecule has 2 aromatic rings. The van der Waals surface area contributed by atoms with Gasteiger partial charge in [-0.3, -0.25) is 4.79 Å². The first-order chi connectivity index (χ1) is 10.7. The quantitative estimate of drug-likeness (QED) is 0.813. The van der Waals surface area contributed by atoms with Gasteiger partial charge in [0.25, 0.3) is 5.56 Å². The summed E-state index contributed by atoms with van der Waals surface area (Å²) < 4.78 is 11.6. The fourth-order valence-electron chi connectivity index (χ4n) is 1.98. The number of methoxy groups -OCH3 is 1. The highest BCUT2D eigenvalue weighted by molar-refractivity contribution is 5.61. The molecule has 6 heteroatoms. The summed E-state index contributed by atoms with van der Waals surface area (Å²) in [7, 11) is 1.55. The Hall–Kier alpha value is -2.65. The number of hydrogen-bond acceptors (Lipinski definition) is 5. The molecule has 0 aliphatic heterocycles. The fraction of sp³-hybridized carbons (Fsp3) is 0.312. The van der Waals surface area contributed by atoms with E-state index in [9.17, 15) is 4.79 Å². The SMILES string of the molecule is CCOc1ccc(-c2cc(C#N)c(=O)n(CCOC)n2)cc1. The molecule has 0 radical (unpaired) electrons. The van der Waals surface area contributed by atoms with E-state index in [1.165, 1.54) is 10.7 Å². The molecule has 0 fully saturated rings. The molecule has 2 rings (SSSR count). The summed E-state index contributed by atoms with van der Waals surface area (Å²) >= 11 is 0. The number of nitrogens with zero attached hydrogens (tertiary/aromatic N) is 3. The molecule has 22 heavy (non-hydrogen) atoms. The number of benzene rings is 1. The van der Waals surface area contributed by atoms with Crippen LogP contribution in [0.1, 0.15) is 12.5 Å². The van der Waals surface area contributed by atoms with Gasteiger partial charge in [-0.25, -0.2) is 4.68 Å². The highest BCUT2D eigenvalue weighted by Crippen LogP contribution is 2.20. The van der Waals surface area contributed by atoms with E-state index in [1.807, 2.05) is 37.3 Å². The van der Waals surface area contributed by atoms with Crippen molar-refractivity contribution >= 4 is 0 Å². The minimum atomic E-state index is -0.408. The lowest BCUT2D eigenvalue weighted by Gasteiger charge is -2.09. The molecule has 0 saturated heterocycles. The molecule has 0 spiro atoms. The van der Waals surface area contributed by atoms with Crippen LogP contribution in [0.2, 0.25) is 0 Å². The summed E-state index contributed by atoms with van der Waals surface area (Å²) in [5.74, 6) is 0.763. The minimum absolute atomic E-state index is 0.0648. The summed E-state index contributed by atoms with van der Waals surface area (Å²) in [4.78, 5) is 12.0. The molecule has 1 aromatic carbocycles. The van der Waals surface area contributed by atoms with Gasteiger partial charge < -0.3 is 9.47 Å². The summed E-state index contributed by atoms with van der Waals surface area (Å²) in [5, 5.41) is 13.4. The standard InChI is InChI=1S/C16H17N3O3/c1-3-22-14-6-4-12(5-7-14)15-10-13(11-17)16(20)19(18-15)8-9-21-2/h4-7,10H,3,8-9H2,1-2H3. The third-order valence-corrected chi connectivity index (χ3v) is 3.06. The average molecular weight is 299 g/mol. The summed E-state index contributed by atoms with van der Waals surface area (Å²) in [6, 6.07) is 10.8. The van der Waals surface area contributed by atoms with E-state index in [0.717, 1.165) is 11.3 Å². The maximum atomic E-state index is 12.0. The van der Waals surface area contributed by atoms with E-state index in [0.29, 0.717) is 25.5 Å². The van der Waals surface area contributed by atoms with Gasteiger partial charge >= 0.3 is 0 Å². The van der Waals surface area contributed by atoms with Crippen molar-refractivity contribution in [1.82, 2.24) is 9.78 Å². The van der Waals surface area contributed by atoms with Crippen molar-refractivity contribution in [3.8, 4) is 23.1 Å². The van der Waals surface area contributed by atoms with Crippen LogP contribution in [-0.2, 0) is 11.3 Å². The van der Waals surface area contributed by atoms with Crippen LogP contribution >= 0.6 is 0 Å². The highest BCUT2D eigenvalue weighted by Gasteiger charge is 2.10. The van der Waals surface area contributed by atoms with Gasteiger partial charge in [-0.2, -0.15) is 10.4 Å². The average Bonchev–Trinajstić information content (AvgIpc) is 2.55. The Morgan fingerprint density at radius 3 is 2.64 bits per heavy atom. The van der Waals surface area contributed by atoms with Gasteiger partial charge in [-0.15, -0.1) is 0 Å². The van der Waals surface area contributed by atoms with Crippen molar-refractivity contribution < 1.29 is 9.47 Å². The molecule has 0 atom stereocenters. The molecule has 0 N–H and O–H groups in total. The normalized spacial score (nSPS) is 10.2. The predicted molar refractivity (Wildman–Crippen MR) is 81.7 cm³/mol. The Morgan fingerprint density at radius 2 is 2.05 bits per heavy atom. The predicted octanol–water partition coefficient (Wildman–Crippen LogP) is 1.83. The van der Waals surface area contributed by atoms with Crippen LogP contribution in [0.3, 0.4) is 0 Å². The second-order valence-corrected chi connectivity index (χ2v) is 4.53. The Bertz CT molecular complexity index is 730. The molecule has 0 unspecified atom stereocenters. The molecule has 0 bridgehead atoms. The zero-order chi connectivity index (χ0) is 15.9. The van der Waals surface area contributed by atoms with Crippen LogP contribution in [0.5, 0.6) is 5.75 Å². The number of nitriles is 1. The van der Waals surface area contributed by atoms with Crippen LogP contribution < -0.4 is 10.3 Å². The summed E-state index contributed by atoms with van der Waals surface area (Å²) in [6.45, 7) is 3.16. The molecular formula is C16H17N3O3. The van der Waals surface area contributed by atoms with Crippen molar-refractivity contribution in [2.75, 3.05) is 20.3 Å². The molecule has 0 aliphatic carbocycles. The topological polar surface area (TPSA) is 77.1 Å². The largest absolute Gasteiger partial charge is 0.494 e. The van der Waals surface area contributed by atoms with Crippen LogP contribution in [0.4, 0.5) is 0 Å². The van der Waals surface area contributed by atoms with Crippen molar-refractivity contribution in [3.63, 3.8) is 0 Å². The Balaban J connectivity index is 2.41. The summed E-state index contributed by atoms with van der Waals surface area (Å²) in [5.41, 5.74) is 1.03. The van der Waals surface area contributed by atoms with E-state index in [2.05, 4.69) is 5.10 Å². The van der Waals surface area contributed by atoms with Gasteiger partial charge in [0.1, 0.15) is 17.4 Å². The monoisotopic (exact) mass is 299 g/mol. The third-order valence-electron chi connectivity index (χ3n) is 3.06. The molecule has 1 heterocycles. The van der Waals surface area contributed by atoms with E-state index >= 15 is 0 Å². The van der Waals surface area contributed by atoms with E-state index in [1.54, 1.807) is 7.11 Å². The second-order valence-electron chi connectivity index (χ2n) is 4.53. The molecule has 0 saturated carbocycles. The van der Waals surface area contributed by atoms with Gasteiger partial charge in [0.05, 0.1) is 25.5 Å².